The molecule has 0 aliphatic heterocycles. The molecule has 0 atom stereocenters. The zero-order valence-electron chi connectivity index (χ0n) is 15.1. The van der Waals surface area contributed by atoms with Crippen molar-refractivity contribution in [2.45, 2.75) is 117 Å². The summed E-state index contributed by atoms with van der Waals surface area (Å²) in [5.41, 5.74) is 0. The van der Waals surface area contributed by atoms with E-state index >= 15 is 0 Å². The lowest BCUT2D eigenvalue weighted by Crippen LogP contribution is -1.95. The smallest absolute Gasteiger partial charge is 0.0466 e. The van der Waals surface area contributed by atoms with Crippen LogP contribution in [0.15, 0.2) is 0 Å². The SMILES string of the molecule is CCCCCCCCCCCCCCCCCOCCC. The van der Waals surface area contributed by atoms with Crippen LogP contribution in [-0.4, -0.2) is 13.2 Å². The van der Waals surface area contributed by atoms with Crippen molar-refractivity contribution in [3.63, 3.8) is 0 Å². The summed E-state index contributed by atoms with van der Waals surface area (Å²) in [7, 11) is 0. The molecule has 0 bridgehead atoms. The van der Waals surface area contributed by atoms with Crippen LogP contribution < -0.4 is 0 Å². The van der Waals surface area contributed by atoms with Crippen LogP contribution in [0.4, 0.5) is 0 Å². The first-order valence-corrected chi connectivity index (χ1v) is 9.99. The number of unbranched alkanes of at least 4 members (excludes halogenated alkanes) is 14. The van der Waals surface area contributed by atoms with Crippen LogP contribution in [0.2, 0.25) is 0 Å². The molecule has 128 valence electrons. The predicted molar refractivity (Wildman–Crippen MR) is 96.0 cm³/mol. The summed E-state index contributed by atoms with van der Waals surface area (Å²) < 4.78 is 5.50. The van der Waals surface area contributed by atoms with Crippen LogP contribution in [0, 0.1) is 0 Å². The zero-order chi connectivity index (χ0) is 15.4. The highest BCUT2D eigenvalue weighted by Gasteiger charge is 1.94. The molecular weight excluding hydrogens is 256 g/mol. The Morgan fingerprint density at radius 1 is 0.381 bits per heavy atom. The third kappa shape index (κ3) is 20.0. The molecule has 0 radical (unpaired) electrons. The summed E-state index contributed by atoms with van der Waals surface area (Å²) >= 11 is 0. The van der Waals surface area contributed by atoms with Gasteiger partial charge in [0.2, 0.25) is 0 Å². The molecule has 0 aromatic heterocycles. The molecule has 0 aliphatic rings. The first kappa shape index (κ1) is 21.0. The van der Waals surface area contributed by atoms with Crippen molar-refractivity contribution in [3.8, 4) is 0 Å². The molecule has 0 saturated carbocycles. The lowest BCUT2D eigenvalue weighted by atomic mass is 10.0. The van der Waals surface area contributed by atoms with Crippen molar-refractivity contribution < 1.29 is 4.74 Å². The molecule has 0 heterocycles. The Balaban J connectivity index is 2.90. The Morgan fingerprint density at radius 2 is 0.762 bits per heavy atom. The Bertz CT molecular complexity index is 149. The van der Waals surface area contributed by atoms with Crippen LogP contribution in [0.25, 0.3) is 0 Å². The maximum Gasteiger partial charge on any atom is 0.0466 e. The quantitative estimate of drug-likeness (QED) is 0.241. The van der Waals surface area contributed by atoms with E-state index in [0.29, 0.717) is 0 Å². The standard InChI is InChI=1S/C20H42O/c1-3-5-6-7-8-9-10-11-12-13-14-15-16-17-18-20-21-19-4-2/h3-20H2,1-2H3. The minimum absolute atomic E-state index is 0.943. The molecule has 1 heteroatoms. The Morgan fingerprint density at radius 3 is 1.14 bits per heavy atom. The summed E-state index contributed by atoms with van der Waals surface area (Å²) in [6.45, 7) is 6.39. The minimum atomic E-state index is 0.943. The topological polar surface area (TPSA) is 9.23 Å². The van der Waals surface area contributed by atoms with E-state index in [9.17, 15) is 0 Å². The van der Waals surface area contributed by atoms with Gasteiger partial charge in [0.1, 0.15) is 0 Å². The van der Waals surface area contributed by atoms with Gasteiger partial charge in [-0.15, -0.1) is 0 Å². The summed E-state index contributed by atoms with van der Waals surface area (Å²) in [6.07, 6.45) is 22.6. The number of hydrogen-bond acceptors (Lipinski definition) is 1. The van der Waals surface area contributed by atoms with Crippen molar-refractivity contribution in [1.29, 1.82) is 0 Å². The Labute approximate surface area is 135 Å². The monoisotopic (exact) mass is 298 g/mol. The van der Waals surface area contributed by atoms with Gasteiger partial charge < -0.3 is 4.74 Å². The zero-order valence-corrected chi connectivity index (χ0v) is 15.1. The molecule has 0 fully saturated rings. The van der Waals surface area contributed by atoms with E-state index < -0.39 is 0 Å². The fraction of sp³-hybridized carbons (Fsp3) is 1.00. The van der Waals surface area contributed by atoms with Gasteiger partial charge >= 0.3 is 0 Å². The number of ether oxygens (including phenoxy) is 1. The second-order valence-corrected chi connectivity index (χ2v) is 6.56. The second-order valence-electron chi connectivity index (χ2n) is 6.56. The normalized spacial score (nSPS) is 11.1. The fourth-order valence-electron chi connectivity index (χ4n) is 2.82. The molecule has 0 aromatic carbocycles. The van der Waals surface area contributed by atoms with Gasteiger partial charge in [0, 0.05) is 13.2 Å². The van der Waals surface area contributed by atoms with Crippen LogP contribution in [0.5, 0.6) is 0 Å². The first-order valence-electron chi connectivity index (χ1n) is 9.99. The van der Waals surface area contributed by atoms with E-state index in [1.165, 1.54) is 96.3 Å². The van der Waals surface area contributed by atoms with Gasteiger partial charge in [-0.1, -0.05) is 104 Å². The van der Waals surface area contributed by atoms with Crippen molar-refractivity contribution in [1.82, 2.24) is 0 Å². The summed E-state index contributed by atoms with van der Waals surface area (Å²) in [5.74, 6) is 0. The largest absolute Gasteiger partial charge is 0.381 e. The third-order valence-electron chi connectivity index (χ3n) is 4.24. The van der Waals surface area contributed by atoms with Gasteiger partial charge in [0.05, 0.1) is 0 Å². The van der Waals surface area contributed by atoms with Gasteiger partial charge in [-0.2, -0.15) is 0 Å². The molecule has 0 amide bonds. The van der Waals surface area contributed by atoms with E-state index in [2.05, 4.69) is 13.8 Å². The molecule has 0 unspecified atom stereocenters. The van der Waals surface area contributed by atoms with E-state index in [4.69, 9.17) is 4.74 Å². The molecule has 0 spiro atoms. The van der Waals surface area contributed by atoms with Crippen LogP contribution >= 0.6 is 0 Å². The molecule has 0 aromatic rings. The van der Waals surface area contributed by atoms with E-state index in [1.54, 1.807) is 0 Å². The molecule has 21 heavy (non-hydrogen) atoms. The number of hydrogen-bond donors (Lipinski definition) is 0. The van der Waals surface area contributed by atoms with Crippen molar-refractivity contribution >= 4 is 0 Å². The van der Waals surface area contributed by atoms with Crippen molar-refractivity contribution in [2.75, 3.05) is 13.2 Å². The van der Waals surface area contributed by atoms with Gasteiger partial charge in [-0.25, -0.2) is 0 Å². The maximum atomic E-state index is 5.50. The lowest BCUT2D eigenvalue weighted by Gasteiger charge is -2.04. The fourth-order valence-corrected chi connectivity index (χ4v) is 2.82. The molecule has 1 nitrogen and oxygen atoms in total. The molecule has 0 N–H and O–H groups in total. The highest BCUT2D eigenvalue weighted by Crippen LogP contribution is 2.13. The van der Waals surface area contributed by atoms with Crippen LogP contribution in [0.3, 0.4) is 0 Å². The maximum absolute atomic E-state index is 5.50. The van der Waals surface area contributed by atoms with Crippen LogP contribution in [0.1, 0.15) is 117 Å². The predicted octanol–water partition coefficient (Wildman–Crippen LogP) is 7.28. The van der Waals surface area contributed by atoms with Gasteiger partial charge in [-0.05, 0) is 12.8 Å². The molecule has 0 aliphatic carbocycles. The average molecular weight is 299 g/mol. The molecular formula is C20H42O. The highest BCUT2D eigenvalue weighted by atomic mass is 16.5. The summed E-state index contributed by atoms with van der Waals surface area (Å²) in [6, 6.07) is 0. The van der Waals surface area contributed by atoms with E-state index in [0.717, 1.165) is 19.6 Å². The molecule has 0 rings (SSSR count). The average Bonchev–Trinajstić information content (AvgIpc) is 2.50. The Kier molecular flexibility index (Phi) is 19.9. The highest BCUT2D eigenvalue weighted by molar-refractivity contribution is 4.49. The van der Waals surface area contributed by atoms with Crippen molar-refractivity contribution in [3.05, 3.63) is 0 Å². The first-order chi connectivity index (χ1) is 10.4. The molecule has 0 saturated heterocycles. The Hall–Kier alpha value is -0.0400. The van der Waals surface area contributed by atoms with Gasteiger partial charge in [0.25, 0.3) is 0 Å². The van der Waals surface area contributed by atoms with E-state index in [-0.39, 0.29) is 0 Å². The minimum Gasteiger partial charge on any atom is -0.381 e. The second kappa shape index (κ2) is 20.0. The summed E-state index contributed by atoms with van der Waals surface area (Å²) in [4.78, 5) is 0. The lowest BCUT2D eigenvalue weighted by molar-refractivity contribution is 0.130. The van der Waals surface area contributed by atoms with Gasteiger partial charge in [0.15, 0.2) is 0 Å². The third-order valence-corrected chi connectivity index (χ3v) is 4.24. The van der Waals surface area contributed by atoms with E-state index in [1.807, 2.05) is 0 Å². The van der Waals surface area contributed by atoms with Gasteiger partial charge in [-0.3, -0.25) is 0 Å². The van der Waals surface area contributed by atoms with Crippen molar-refractivity contribution in [2.24, 2.45) is 0 Å². The summed E-state index contributed by atoms with van der Waals surface area (Å²) in [5, 5.41) is 0. The van der Waals surface area contributed by atoms with Crippen LogP contribution in [-0.2, 0) is 4.74 Å². The number of rotatable bonds is 18.